The van der Waals surface area contributed by atoms with Crippen molar-refractivity contribution in [1.82, 2.24) is 15.1 Å². The maximum Gasteiger partial charge on any atom is 0.336 e. The zero-order valence-electron chi connectivity index (χ0n) is 21.7. The number of morpholine rings is 1. The van der Waals surface area contributed by atoms with Crippen LogP contribution in [0.4, 0.5) is 9.18 Å². The molecule has 2 bridgehead atoms. The van der Waals surface area contributed by atoms with Gasteiger partial charge in [-0.25, -0.2) is 14.0 Å². The smallest absolute Gasteiger partial charge is 0.336 e. The van der Waals surface area contributed by atoms with Gasteiger partial charge in [-0.3, -0.25) is 4.90 Å². The molecule has 2 fully saturated rings. The Labute approximate surface area is 222 Å². The van der Waals surface area contributed by atoms with Gasteiger partial charge < -0.3 is 24.4 Å². The zero-order chi connectivity index (χ0) is 26.5. The number of esters is 1. The van der Waals surface area contributed by atoms with Gasteiger partial charge in [-0.15, -0.1) is 0 Å². The molecule has 8 nitrogen and oxygen atoms in total. The van der Waals surface area contributed by atoms with Gasteiger partial charge in [0, 0.05) is 43.9 Å². The summed E-state index contributed by atoms with van der Waals surface area (Å²) in [5.41, 5.74) is 2.81. The van der Waals surface area contributed by atoms with Gasteiger partial charge in [0.05, 0.1) is 31.9 Å². The van der Waals surface area contributed by atoms with E-state index in [0.29, 0.717) is 49.5 Å². The van der Waals surface area contributed by atoms with E-state index in [0.717, 1.165) is 37.2 Å². The van der Waals surface area contributed by atoms with Crippen molar-refractivity contribution >= 4 is 17.6 Å². The molecule has 0 aromatic heterocycles. The molecular formula is C29H34FN3O5. The molecule has 3 aliphatic heterocycles. The number of hydrogen-bond donors (Lipinski definition) is 1. The predicted octanol–water partition coefficient (Wildman–Crippen LogP) is 3.61. The van der Waals surface area contributed by atoms with Crippen molar-refractivity contribution in [2.45, 2.75) is 38.0 Å². The van der Waals surface area contributed by atoms with E-state index in [1.54, 1.807) is 11.0 Å². The molecule has 0 radical (unpaired) electrons. The van der Waals surface area contributed by atoms with Gasteiger partial charge in [0.2, 0.25) is 0 Å². The second kappa shape index (κ2) is 12.0. The average molecular weight is 524 g/mol. The van der Waals surface area contributed by atoms with Crippen LogP contribution in [0, 0.1) is 5.82 Å². The Morgan fingerprint density at radius 1 is 1.11 bits per heavy atom. The van der Waals surface area contributed by atoms with Crippen LogP contribution in [0.5, 0.6) is 5.75 Å². The van der Waals surface area contributed by atoms with Crippen molar-refractivity contribution in [3.8, 4) is 5.75 Å². The molecule has 2 amide bonds. The van der Waals surface area contributed by atoms with Crippen molar-refractivity contribution in [1.29, 1.82) is 0 Å². The number of nitrogens with one attached hydrogen (secondary N) is 1. The lowest BCUT2D eigenvalue weighted by atomic mass is 9.88. The molecule has 0 saturated carbocycles. The number of benzene rings is 2. The fourth-order valence-corrected chi connectivity index (χ4v) is 5.68. The van der Waals surface area contributed by atoms with Crippen molar-refractivity contribution in [2.24, 2.45) is 0 Å². The summed E-state index contributed by atoms with van der Waals surface area (Å²) >= 11 is 0. The van der Waals surface area contributed by atoms with Crippen molar-refractivity contribution in [3.05, 3.63) is 71.0 Å². The second-order valence-corrected chi connectivity index (χ2v) is 9.84. The maximum atomic E-state index is 14.3. The summed E-state index contributed by atoms with van der Waals surface area (Å²) in [4.78, 5) is 30.5. The minimum Gasteiger partial charge on any atom is -0.488 e. The summed E-state index contributed by atoms with van der Waals surface area (Å²) < 4.78 is 30.9. The van der Waals surface area contributed by atoms with Crippen LogP contribution in [0.15, 0.2) is 54.1 Å². The van der Waals surface area contributed by atoms with Crippen LogP contribution in [0.2, 0.25) is 0 Å². The lowest BCUT2D eigenvalue weighted by Crippen LogP contribution is -2.52. The highest BCUT2D eigenvalue weighted by Gasteiger charge is 2.47. The molecule has 3 aliphatic rings. The number of hydrogen-bond acceptors (Lipinski definition) is 6. The third-order valence-corrected chi connectivity index (χ3v) is 7.55. The first-order chi connectivity index (χ1) is 18.5. The van der Waals surface area contributed by atoms with E-state index in [9.17, 15) is 14.0 Å². The van der Waals surface area contributed by atoms with Crippen LogP contribution >= 0.6 is 0 Å². The van der Waals surface area contributed by atoms with Crippen molar-refractivity contribution in [2.75, 3.05) is 46.5 Å². The lowest BCUT2D eigenvalue weighted by molar-refractivity contribution is -0.136. The van der Waals surface area contributed by atoms with Gasteiger partial charge in [-0.1, -0.05) is 30.3 Å². The largest absolute Gasteiger partial charge is 0.488 e. The Hall–Kier alpha value is -3.43. The van der Waals surface area contributed by atoms with Gasteiger partial charge in [0.25, 0.3) is 0 Å². The van der Waals surface area contributed by atoms with Crippen LogP contribution in [0.25, 0.3) is 5.57 Å². The van der Waals surface area contributed by atoms with E-state index >= 15 is 0 Å². The Kier molecular flexibility index (Phi) is 8.24. The molecule has 202 valence electrons. The summed E-state index contributed by atoms with van der Waals surface area (Å²) in [6.45, 7) is 4.67. The number of urea groups is 1. The van der Waals surface area contributed by atoms with Gasteiger partial charge in [0.15, 0.2) is 0 Å². The second-order valence-electron chi connectivity index (χ2n) is 9.84. The van der Waals surface area contributed by atoms with Gasteiger partial charge in [-0.2, -0.15) is 0 Å². The molecule has 9 heteroatoms. The minimum atomic E-state index is -0.477. The third kappa shape index (κ3) is 5.68. The molecule has 1 N–H and O–H groups in total. The molecule has 2 atom stereocenters. The topological polar surface area (TPSA) is 80.3 Å². The number of ether oxygens (including phenoxy) is 3. The number of carbonyl (C=O) groups is 2. The van der Waals surface area contributed by atoms with E-state index < -0.39 is 17.8 Å². The van der Waals surface area contributed by atoms with Crippen molar-refractivity contribution < 1.29 is 28.2 Å². The van der Waals surface area contributed by atoms with E-state index in [1.165, 1.54) is 19.2 Å². The number of methoxy groups -OCH3 is 1. The Morgan fingerprint density at radius 3 is 2.66 bits per heavy atom. The fourth-order valence-electron chi connectivity index (χ4n) is 5.68. The van der Waals surface area contributed by atoms with Crippen LogP contribution in [-0.4, -0.2) is 80.4 Å². The quantitative estimate of drug-likeness (QED) is 0.533. The summed E-state index contributed by atoms with van der Waals surface area (Å²) in [6.07, 6.45) is 1.90. The highest BCUT2D eigenvalue weighted by molar-refractivity contribution is 6.01. The number of fused-ring (bicyclic) bond motifs is 2. The normalized spacial score (nSPS) is 21.4. The number of rotatable bonds is 8. The molecule has 5 rings (SSSR count). The van der Waals surface area contributed by atoms with Gasteiger partial charge in [-0.05, 0) is 42.5 Å². The Morgan fingerprint density at radius 2 is 1.89 bits per heavy atom. The molecule has 2 aromatic carbocycles. The fraction of sp³-hybridized carbons (Fsp3) is 0.448. The summed E-state index contributed by atoms with van der Waals surface area (Å²) in [6, 6.07) is 13.4. The summed E-state index contributed by atoms with van der Waals surface area (Å²) in [5, 5.41) is 3.05. The number of amides is 2. The molecule has 3 heterocycles. The average Bonchev–Trinajstić information content (AvgIpc) is 3.26. The molecule has 2 saturated heterocycles. The molecule has 0 aliphatic carbocycles. The number of nitrogens with zero attached hydrogens (tertiary/aromatic N) is 2. The zero-order valence-corrected chi connectivity index (χ0v) is 21.7. The highest BCUT2D eigenvalue weighted by Crippen LogP contribution is 2.45. The SMILES string of the molecule is COC(=O)C1=C(c2ccc(F)cc2OCc2ccccc2)C[C@@H]2CC[C@H]1N2C(=O)NCCN1CCOCC1. The number of carbonyl (C=O) groups excluding carboxylic acids is 2. The molecule has 0 unspecified atom stereocenters. The van der Waals surface area contributed by atoms with Crippen LogP contribution in [0.1, 0.15) is 30.4 Å². The van der Waals surface area contributed by atoms with E-state index in [4.69, 9.17) is 14.2 Å². The molecule has 0 spiro atoms. The van der Waals surface area contributed by atoms with Gasteiger partial charge in [0.1, 0.15) is 18.2 Å². The summed E-state index contributed by atoms with van der Waals surface area (Å²) in [5.74, 6) is -0.528. The minimum absolute atomic E-state index is 0.0705. The van der Waals surface area contributed by atoms with Crippen LogP contribution in [-0.2, 0) is 20.9 Å². The van der Waals surface area contributed by atoms with Crippen LogP contribution < -0.4 is 10.1 Å². The summed E-state index contributed by atoms with van der Waals surface area (Å²) in [7, 11) is 1.35. The first kappa shape index (κ1) is 26.2. The highest BCUT2D eigenvalue weighted by atomic mass is 19.1. The standard InChI is InChI=1S/C29H34FN3O5/c1-36-28(34)27-24(23-9-7-21(30)17-26(23)38-19-20-5-3-2-4-6-20)18-22-8-10-25(27)33(22)29(35)31-11-12-32-13-15-37-16-14-32/h2-7,9,17,22,25H,8,10-16,18-19H2,1H3,(H,31,35)/t22-,25+/m0/s1. The van der Waals surface area contributed by atoms with Gasteiger partial charge >= 0.3 is 12.0 Å². The van der Waals surface area contributed by atoms with Crippen molar-refractivity contribution in [3.63, 3.8) is 0 Å². The lowest BCUT2D eigenvalue weighted by Gasteiger charge is -2.37. The van der Waals surface area contributed by atoms with Crippen LogP contribution in [0.3, 0.4) is 0 Å². The third-order valence-electron chi connectivity index (χ3n) is 7.55. The first-order valence-electron chi connectivity index (χ1n) is 13.2. The Balaban J connectivity index is 1.38. The Bertz CT molecular complexity index is 1180. The first-order valence-corrected chi connectivity index (χ1v) is 13.2. The maximum absolute atomic E-state index is 14.3. The van der Waals surface area contributed by atoms with E-state index in [-0.39, 0.29) is 18.7 Å². The molecule has 38 heavy (non-hydrogen) atoms. The predicted molar refractivity (Wildman–Crippen MR) is 140 cm³/mol. The van der Waals surface area contributed by atoms with E-state index in [1.807, 2.05) is 30.3 Å². The number of halogens is 1. The van der Waals surface area contributed by atoms with E-state index in [2.05, 4.69) is 10.2 Å². The molecular weight excluding hydrogens is 489 g/mol. The monoisotopic (exact) mass is 523 g/mol. The molecule has 2 aromatic rings.